The molecule has 0 bridgehead atoms. The molecular weight excluding hydrogens is 401 g/mol. The van der Waals surface area contributed by atoms with E-state index in [9.17, 15) is 27.5 Å². The highest BCUT2D eigenvalue weighted by molar-refractivity contribution is 7.92. The van der Waals surface area contributed by atoms with E-state index in [4.69, 9.17) is 0 Å². The number of nitrogens with one attached hydrogen (secondary N) is 3. The SMILES string of the molecule is Cc1cc(F)ccc1NS(=O)(=O)c1ccc2[nH]c(=O)c3[nH]cc(C(=O)O)c3c2c1. The topological polar surface area (TPSA) is 132 Å². The molecule has 0 spiro atoms. The Balaban J connectivity index is 1.91. The number of anilines is 1. The first-order valence-corrected chi connectivity index (χ1v) is 9.85. The number of aromatic carboxylic acids is 1. The molecule has 0 aliphatic carbocycles. The van der Waals surface area contributed by atoms with Crippen LogP contribution in [0.2, 0.25) is 0 Å². The van der Waals surface area contributed by atoms with Crippen LogP contribution in [0.4, 0.5) is 10.1 Å². The summed E-state index contributed by atoms with van der Waals surface area (Å²) in [5.74, 6) is -1.74. The highest BCUT2D eigenvalue weighted by Gasteiger charge is 2.20. The van der Waals surface area contributed by atoms with Crippen LogP contribution >= 0.6 is 0 Å². The quantitative estimate of drug-likeness (QED) is 0.407. The van der Waals surface area contributed by atoms with Crippen molar-refractivity contribution in [3.05, 3.63) is 69.9 Å². The van der Waals surface area contributed by atoms with E-state index in [1.165, 1.54) is 36.5 Å². The number of sulfonamides is 1. The molecule has 0 aliphatic rings. The summed E-state index contributed by atoms with van der Waals surface area (Å²) >= 11 is 0. The third-order valence-electron chi connectivity index (χ3n) is 4.59. The Morgan fingerprint density at radius 1 is 1.17 bits per heavy atom. The second-order valence-electron chi connectivity index (χ2n) is 6.48. The van der Waals surface area contributed by atoms with E-state index in [0.29, 0.717) is 11.1 Å². The van der Waals surface area contributed by atoms with Gasteiger partial charge >= 0.3 is 5.97 Å². The number of carboxylic acids is 1. The standard InChI is InChI=1S/C19H14FN3O5S/c1-9-6-10(20)2-4-14(9)23-29(27,28)11-3-5-15-12(7-11)16-13(19(25)26)8-21-17(16)18(24)22-15/h2-8,21,23H,1H3,(H,22,24)(H,25,26). The molecule has 2 heterocycles. The van der Waals surface area contributed by atoms with Crippen LogP contribution in [-0.2, 0) is 10.0 Å². The summed E-state index contributed by atoms with van der Waals surface area (Å²) in [4.78, 5) is 28.8. The van der Waals surface area contributed by atoms with Crippen molar-refractivity contribution in [3.8, 4) is 0 Å². The van der Waals surface area contributed by atoms with E-state index in [1.54, 1.807) is 6.92 Å². The van der Waals surface area contributed by atoms with Gasteiger partial charge in [0.15, 0.2) is 0 Å². The van der Waals surface area contributed by atoms with E-state index in [1.807, 2.05) is 0 Å². The zero-order valence-corrected chi connectivity index (χ0v) is 15.7. The summed E-state index contributed by atoms with van der Waals surface area (Å²) in [5, 5.41) is 9.78. The van der Waals surface area contributed by atoms with Crippen LogP contribution in [0, 0.1) is 12.7 Å². The summed E-state index contributed by atoms with van der Waals surface area (Å²) < 4.78 is 41.4. The fourth-order valence-corrected chi connectivity index (χ4v) is 4.34. The van der Waals surface area contributed by atoms with Gasteiger partial charge in [0.1, 0.15) is 11.3 Å². The van der Waals surface area contributed by atoms with E-state index in [0.717, 1.165) is 6.07 Å². The molecule has 0 unspecified atom stereocenters. The lowest BCUT2D eigenvalue weighted by Gasteiger charge is -2.11. The fourth-order valence-electron chi connectivity index (χ4n) is 3.19. The highest BCUT2D eigenvalue weighted by atomic mass is 32.2. The van der Waals surface area contributed by atoms with Crippen molar-refractivity contribution >= 4 is 43.5 Å². The maximum atomic E-state index is 13.3. The van der Waals surface area contributed by atoms with Crippen LogP contribution < -0.4 is 10.3 Å². The lowest BCUT2D eigenvalue weighted by atomic mass is 10.1. The molecule has 2 aromatic carbocycles. The van der Waals surface area contributed by atoms with Gasteiger partial charge in [-0.3, -0.25) is 9.52 Å². The van der Waals surface area contributed by atoms with Crippen LogP contribution in [0.5, 0.6) is 0 Å². The molecule has 0 atom stereocenters. The molecule has 0 fully saturated rings. The second kappa shape index (κ2) is 6.45. The number of pyridine rings is 1. The van der Waals surface area contributed by atoms with Crippen molar-refractivity contribution < 1.29 is 22.7 Å². The molecule has 10 heteroatoms. The third-order valence-corrected chi connectivity index (χ3v) is 5.95. The van der Waals surface area contributed by atoms with Crippen molar-refractivity contribution in [2.75, 3.05) is 4.72 Å². The third kappa shape index (κ3) is 3.13. The summed E-state index contributed by atoms with van der Waals surface area (Å²) in [5.41, 5.74) is 0.280. The second-order valence-corrected chi connectivity index (χ2v) is 8.17. The van der Waals surface area contributed by atoms with E-state index in [-0.39, 0.29) is 32.4 Å². The number of aryl methyl sites for hydroxylation is 1. The van der Waals surface area contributed by atoms with Crippen LogP contribution in [0.15, 0.2) is 52.3 Å². The molecule has 4 N–H and O–H groups in total. The number of rotatable bonds is 4. The Labute approximate surface area is 163 Å². The minimum Gasteiger partial charge on any atom is -0.478 e. The molecule has 29 heavy (non-hydrogen) atoms. The molecular formula is C19H14FN3O5S. The molecule has 0 saturated carbocycles. The molecule has 0 amide bonds. The minimum absolute atomic E-state index is 0.0341. The first kappa shape index (κ1) is 18.7. The molecule has 2 aromatic heterocycles. The Hall–Kier alpha value is -3.66. The normalized spacial score (nSPS) is 11.8. The first-order chi connectivity index (χ1) is 13.7. The Morgan fingerprint density at radius 2 is 1.93 bits per heavy atom. The Morgan fingerprint density at radius 3 is 2.62 bits per heavy atom. The largest absolute Gasteiger partial charge is 0.478 e. The van der Waals surface area contributed by atoms with Gasteiger partial charge in [-0.1, -0.05) is 0 Å². The highest BCUT2D eigenvalue weighted by Crippen LogP contribution is 2.28. The molecule has 4 aromatic rings. The minimum atomic E-state index is -4.06. The predicted molar refractivity (Wildman–Crippen MR) is 105 cm³/mol. The van der Waals surface area contributed by atoms with Crippen molar-refractivity contribution in [3.63, 3.8) is 0 Å². The monoisotopic (exact) mass is 415 g/mol. The van der Waals surface area contributed by atoms with E-state index < -0.39 is 27.4 Å². The number of aromatic nitrogens is 2. The summed E-state index contributed by atoms with van der Waals surface area (Å²) in [6.45, 7) is 1.56. The maximum Gasteiger partial charge on any atom is 0.337 e. The number of hydrogen-bond acceptors (Lipinski definition) is 4. The Bertz CT molecular complexity index is 1470. The number of hydrogen-bond donors (Lipinski definition) is 4. The number of halogens is 1. The lowest BCUT2D eigenvalue weighted by molar-refractivity contribution is 0.0699. The van der Waals surface area contributed by atoms with Crippen LogP contribution in [0.25, 0.3) is 21.8 Å². The number of fused-ring (bicyclic) bond motifs is 3. The van der Waals surface area contributed by atoms with Gasteiger partial charge in [0, 0.05) is 22.5 Å². The number of carboxylic acid groups (broad SMARTS) is 1. The number of H-pyrrole nitrogens is 2. The number of benzene rings is 2. The van der Waals surface area contributed by atoms with Crippen LogP contribution in [0.1, 0.15) is 15.9 Å². The van der Waals surface area contributed by atoms with Crippen molar-refractivity contribution in [1.29, 1.82) is 0 Å². The smallest absolute Gasteiger partial charge is 0.337 e. The van der Waals surface area contributed by atoms with Gasteiger partial charge in [0.25, 0.3) is 15.6 Å². The molecule has 0 aliphatic heterocycles. The van der Waals surface area contributed by atoms with Gasteiger partial charge in [0.2, 0.25) is 0 Å². The number of aromatic amines is 2. The first-order valence-electron chi connectivity index (χ1n) is 8.37. The van der Waals surface area contributed by atoms with E-state index in [2.05, 4.69) is 14.7 Å². The summed E-state index contributed by atoms with van der Waals surface area (Å²) in [6, 6.07) is 7.62. The van der Waals surface area contributed by atoms with Gasteiger partial charge < -0.3 is 15.1 Å². The summed E-state index contributed by atoms with van der Waals surface area (Å²) in [7, 11) is -4.06. The average Bonchev–Trinajstić information content (AvgIpc) is 3.10. The van der Waals surface area contributed by atoms with E-state index >= 15 is 0 Å². The maximum absolute atomic E-state index is 13.3. The van der Waals surface area contributed by atoms with Gasteiger partial charge in [0.05, 0.1) is 16.1 Å². The molecule has 4 rings (SSSR count). The van der Waals surface area contributed by atoms with Gasteiger partial charge in [-0.25, -0.2) is 17.6 Å². The van der Waals surface area contributed by atoms with Crippen molar-refractivity contribution in [1.82, 2.24) is 9.97 Å². The molecule has 0 radical (unpaired) electrons. The average molecular weight is 415 g/mol. The van der Waals surface area contributed by atoms with Gasteiger partial charge in [-0.15, -0.1) is 0 Å². The number of carbonyl (C=O) groups is 1. The lowest BCUT2D eigenvalue weighted by Crippen LogP contribution is -2.14. The molecule has 8 nitrogen and oxygen atoms in total. The van der Waals surface area contributed by atoms with Crippen LogP contribution in [0.3, 0.4) is 0 Å². The molecule has 0 saturated heterocycles. The zero-order chi connectivity index (χ0) is 20.9. The fraction of sp³-hybridized carbons (Fsp3) is 0.0526. The predicted octanol–water partition coefficient (Wildman–Crippen LogP) is 2.96. The van der Waals surface area contributed by atoms with Crippen molar-refractivity contribution in [2.45, 2.75) is 11.8 Å². The molecule has 148 valence electrons. The van der Waals surface area contributed by atoms with Gasteiger partial charge in [-0.05, 0) is 48.9 Å². The zero-order valence-electron chi connectivity index (χ0n) is 14.9. The Kier molecular flexibility index (Phi) is 4.16. The van der Waals surface area contributed by atoms with Crippen molar-refractivity contribution in [2.24, 2.45) is 0 Å². The summed E-state index contributed by atoms with van der Waals surface area (Å²) in [6.07, 6.45) is 1.18. The van der Waals surface area contributed by atoms with Crippen LogP contribution in [-0.4, -0.2) is 29.5 Å². The van der Waals surface area contributed by atoms with Gasteiger partial charge in [-0.2, -0.15) is 0 Å².